The van der Waals surface area contributed by atoms with Crippen molar-refractivity contribution in [3.63, 3.8) is 0 Å². The first-order chi connectivity index (χ1) is 18.3. The van der Waals surface area contributed by atoms with Gasteiger partial charge >= 0.3 is 6.09 Å². The molecule has 0 radical (unpaired) electrons. The van der Waals surface area contributed by atoms with Gasteiger partial charge in [0.2, 0.25) is 5.78 Å². The summed E-state index contributed by atoms with van der Waals surface area (Å²) in [6, 6.07) is 1.73. The molecule has 4 rings (SSSR count). The fraction of sp³-hybridized carbons (Fsp3) is 0.407. The van der Waals surface area contributed by atoms with Crippen LogP contribution < -0.4 is 5.73 Å². The minimum Gasteiger partial charge on any atom is -0.508 e. The quantitative estimate of drug-likeness (QED) is 0.253. The van der Waals surface area contributed by atoms with Crippen LogP contribution in [0.25, 0.3) is 5.76 Å². The van der Waals surface area contributed by atoms with Gasteiger partial charge in [-0.3, -0.25) is 19.3 Å². The number of primary amides is 1. The highest BCUT2D eigenvalue weighted by Gasteiger charge is 2.64. The van der Waals surface area contributed by atoms with E-state index in [1.165, 1.54) is 43.1 Å². The first-order valence-electron chi connectivity index (χ1n) is 12.2. The lowest BCUT2D eigenvalue weighted by molar-refractivity contribution is -0.153. The fourth-order valence-electron chi connectivity index (χ4n) is 6.15. The van der Waals surface area contributed by atoms with E-state index in [9.17, 15) is 39.6 Å². The van der Waals surface area contributed by atoms with Crippen molar-refractivity contribution in [2.45, 2.75) is 31.0 Å². The summed E-state index contributed by atoms with van der Waals surface area (Å²) in [6.07, 6.45) is 0.977. The molecule has 0 spiro atoms. The Morgan fingerprint density at radius 1 is 1.23 bits per heavy atom. The number of ketones is 2. The highest BCUT2D eigenvalue weighted by atomic mass is 16.5. The predicted octanol–water partition coefficient (Wildman–Crippen LogP) is 0.718. The summed E-state index contributed by atoms with van der Waals surface area (Å²) in [6.45, 7) is 3.85. The number of aliphatic hydroxyl groups excluding tert-OH is 2. The number of fused-ring (bicyclic) bond motifs is 3. The Kier molecular flexibility index (Phi) is 7.04. The van der Waals surface area contributed by atoms with Crippen LogP contribution in [0.5, 0.6) is 5.75 Å². The molecule has 3 aliphatic rings. The minimum absolute atomic E-state index is 0.0335. The molecule has 1 fully saturated rings. The van der Waals surface area contributed by atoms with Crippen molar-refractivity contribution in [1.82, 2.24) is 9.80 Å². The summed E-state index contributed by atoms with van der Waals surface area (Å²) < 4.78 is 4.84. The zero-order valence-corrected chi connectivity index (χ0v) is 21.8. The number of carbonyl (C=O) groups is 4. The molecule has 208 valence electrons. The van der Waals surface area contributed by atoms with E-state index in [0.29, 0.717) is 11.1 Å². The minimum atomic E-state index is -2.70. The summed E-state index contributed by atoms with van der Waals surface area (Å²) in [4.78, 5) is 54.2. The number of likely N-dealkylation sites (N-methyl/N-ethyl adjacent to an activating group) is 1. The van der Waals surface area contributed by atoms with Gasteiger partial charge < -0.3 is 35.8 Å². The number of aliphatic hydroxyl groups is 3. The third-order valence-corrected chi connectivity index (χ3v) is 7.84. The SMILES string of the molecule is C=CCN(Cc1ccc(O)c2c1CC1CC3C(N(C)C)C(=O)C(C(N)=O)=C(O)C3(O)C(=O)C1=C2O)C(=O)OC. The first kappa shape index (κ1) is 27.9. The number of hydrogen-bond acceptors (Lipinski definition) is 10. The molecule has 12 nitrogen and oxygen atoms in total. The largest absolute Gasteiger partial charge is 0.508 e. The zero-order valence-electron chi connectivity index (χ0n) is 21.8. The van der Waals surface area contributed by atoms with E-state index >= 15 is 0 Å². The number of phenols is 1. The zero-order chi connectivity index (χ0) is 29.0. The van der Waals surface area contributed by atoms with Crippen LogP contribution in [-0.2, 0) is 32.1 Å². The number of amides is 2. The molecule has 2 amide bonds. The number of nitrogens with two attached hydrogens (primary N) is 1. The summed E-state index contributed by atoms with van der Waals surface area (Å²) in [7, 11) is 4.30. The van der Waals surface area contributed by atoms with Gasteiger partial charge in [0, 0.05) is 24.6 Å². The Morgan fingerprint density at radius 2 is 1.90 bits per heavy atom. The average Bonchev–Trinajstić information content (AvgIpc) is 2.86. The van der Waals surface area contributed by atoms with E-state index in [-0.39, 0.29) is 42.8 Å². The van der Waals surface area contributed by atoms with Crippen molar-refractivity contribution in [3.05, 3.63) is 58.4 Å². The van der Waals surface area contributed by atoms with Crippen LogP contribution in [0.15, 0.2) is 41.7 Å². The second-order valence-electron chi connectivity index (χ2n) is 10.2. The predicted molar refractivity (Wildman–Crippen MR) is 137 cm³/mol. The van der Waals surface area contributed by atoms with E-state index in [1.54, 1.807) is 6.07 Å². The van der Waals surface area contributed by atoms with E-state index in [0.717, 1.165) is 0 Å². The number of carbonyl (C=O) groups excluding carboxylic acids is 4. The molecule has 4 unspecified atom stereocenters. The number of methoxy groups -OCH3 is 1. The highest BCUT2D eigenvalue weighted by molar-refractivity contribution is 6.24. The van der Waals surface area contributed by atoms with Gasteiger partial charge in [0.15, 0.2) is 11.4 Å². The number of nitrogens with zero attached hydrogens (tertiary/aromatic N) is 2. The van der Waals surface area contributed by atoms with Crippen LogP contribution >= 0.6 is 0 Å². The molecule has 12 heteroatoms. The number of Topliss-reactive ketones (excluding diaryl/α,β-unsaturated/α-hetero) is 2. The van der Waals surface area contributed by atoms with Gasteiger partial charge in [-0.15, -0.1) is 6.58 Å². The van der Waals surface area contributed by atoms with Crippen molar-refractivity contribution >= 4 is 29.3 Å². The highest BCUT2D eigenvalue weighted by Crippen LogP contribution is 2.53. The van der Waals surface area contributed by atoms with Crippen LogP contribution in [0.1, 0.15) is 23.1 Å². The van der Waals surface area contributed by atoms with Gasteiger partial charge in [0.1, 0.15) is 22.8 Å². The second-order valence-corrected chi connectivity index (χ2v) is 10.2. The summed E-state index contributed by atoms with van der Waals surface area (Å²) >= 11 is 0. The van der Waals surface area contributed by atoms with Crippen molar-refractivity contribution < 1.29 is 44.3 Å². The lowest BCUT2D eigenvalue weighted by atomic mass is 9.57. The number of benzene rings is 1. The van der Waals surface area contributed by atoms with Crippen molar-refractivity contribution in [2.75, 3.05) is 27.7 Å². The van der Waals surface area contributed by atoms with Gasteiger partial charge in [-0.1, -0.05) is 12.1 Å². The Balaban J connectivity index is 1.90. The van der Waals surface area contributed by atoms with Crippen molar-refractivity contribution in [2.24, 2.45) is 17.6 Å². The molecule has 6 N–H and O–H groups in total. The summed E-state index contributed by atoms with van der Waals surface area (Å²) in [5, 5.41) is 44.5. The van der Waals surface area contributed by atoms with E-state index in [2.05, 4.69) is 6.58 Å². The fourth-order valence-corrected chi connectivity index (χ4v) is 6.15. The molecule has 1 saturated carbocycles. The Hall–Kier alpha value is -4.16. The number of aromatic hydroxyl groups is 1. The molecular weight excluding hydrogens is 510 g/mol. The van der Waals surface area contributed by atoms with Crippen LogP contribution in [0, 0.1) is 11.8 Å². The van der Waals surface area contributed by atoms with Gasteiger partial charge in [-0.25, -0.2) is 4.79 Å². The Labute approximate surface area is 224 Å². The Morgan fingerprint density at radius 3 is 2.46 bits per heavy atom. The van der Waals surface area contributed by atoms with Crippen LogP contribution in [0.4, 0.5) is 4.79 Å². The molecule has 0 aromatic heterocycles. The van der Waals surface area contributed by atoms with Crippen LogP contribution in [-0.4, -0.2) is 93.2 Å². The number of hydrogen-bond donors (Lipinski definition) is 5. The lowest BCUT2D eigenvalue weighted by Crippen LogP contribution is -2.65. The standard InChI is InChI=1S/C27H31N3O9/c1-5-8-30(26(37)39-4)11-12-6-7-16(31)18-14(12)9-13-10-15-20(29(2)3)22(33)19(25(28)36)24(35)27(15,38)23(34)17(13)21(18)32/h5-7,13,15,20,31-32,35,38H,1,8-11H2,2-4H3,(H2,28,36). The molecule has 0 heterocycles. The third-order valence-electron chi connectivity index (χ3n) is 7.84. The maximum atomic E-state index is 13.9. The van der Waals surface area contributed by atoms with E-state index in [4.69, 9.17) is 10.5 Å². The Bertz CT molecular complexity index is 1360. The van der Waals surface area contributed by atoms with E-state index in [1.807, 2.05) is 0 Å². The molecule has 4 atom stereocenters. The van der Waals surface area contributed by atoms with Gasteiger partial charge in [-0.05, 0) is 50.0 Å². The number of phenolic OH excluding ortho intramolecular Hbond substituents is 1. The lowest BCUT2D eigenvalue weighted by Gasteiger charge is -2.50. The number of ether oxygens (including phenoxy) is 1. The normalized spacial score (nSPS) is 26.1. The topological polar surface area (TPSA) is 191 Å². The molecule has 0 saturated heterocycles. The molecule has 0 bridgehead atoms. The second kappa shape index (κ2) is 9.86. The molecular formula is C27H31N3O9. The maximum Gasteiger partial charge on any atom is 0.410 e. The summed E-state index contributed by atoms with van der Waals surface area (Å²) in [5.74, 6) is -7.18. The molecule has 0 aliphatic heterocycles. The van der Waals surface area contributed by atoms with E-state index < -0.39 is 64.1 Å². The van der Waals surface area contributed by atoms with Gasteiger partial charge in [-0.2, -0.15) is 0 Å². The monoisotopic (exact) mass is 541 g/mol. The number of rotatable bonds is 6. The van der Waals surface area contributed by atoms with Gasteiger partial charge in [0.05, 0.1) is 18.7 Å². The maximum absolute atomic E-state index is 13.9. The molecule has 3 aliphatic carbocycles. The smallest absolute Gasteiger partial charge is 0.410 e. The first-order valence-corrected chi connectivity index (χ1v) is 12.2. The molecule has 39 heavy (non-hydrogen) atoms. The molecule has 1 aromatic carbocycles. The van der Waals surface area contributed by atoms with Crippen molar-refractivity contribution in [1.29, 1.82) is 0 Å². The van der Waals surface area contributed by atoms with Crippen molar-refractivity contribution in [3.8, 4) is 5.75 Å². The van der Waals surface area contributed by atoms with Crippen LogP contribution in [0.3, 0.4) is 0 Å². The third kappa shape index (κ3) is 4.07. The van der Waals surface area contributed by atoms with Crippen LogP contribution in [0.2, 0.25) is 0 Å². The summed E-state index contributed by atoms with van der Waals surface area (Å²) in [5.41, 5.74) is 2.50. The van der Waals surface area contributed by atoms with Gasteiger partial charge in [0.25, 0.3) is 5.91 Å². The molecule has 1 aromatic rings. The average molecular weight is 542 g/mol.